The van der Waals surface area contributed by atoms with Gasteiger partial charge in [-0.25, -0.2) is 0 Å². The van der Waals surface area contributed by atoms with Crippen LogP contribution in [0.2, 0.25) is 4.34 Å². The number of nitrogens with zero attached hydrogens (tertiary/aromatic N) is 2. The third-order valence-electron chi connectivity index (χ3n) is 3.85. The van der Waals surface area contributed by atoms with Crippen molar-refractivity contribution in [2.45, 2.75) is 19.4 Å². The minimum atomic E-state index is 0.167. The lowest BCUT2D eigenvalue weighted by Gasteiger charge is -2.31. The van der Waals surface area contributed by atoms with Crippen LogP contribution in [0, 0.1) is 5.92 Å². The number of piperidine rings is 1. The zero-order valence-electron chi connectivity index (χ0n) is 11.8. The van der Waals surface area contributed by atoms with E-state index in [1.165, 1.54) is 11.3 Å². The van der Waals surface area contributed by atoms with E-state index in [1.54, 1.807) is 4.90 Å². The molecule has 0 saturated carbocycles. The molecule has 0 unspecified atom stereocenters. The van der Waals surface area contributed by atoms with Crippen molar-refractivity contribution in [3.8, 4) is 0 Å². The number of carbonyl (C=O) groups is 1. The van der Waals surface area contributed by atoms with E-state index >= 15 is 0 Å². The number of halogens is 1. The fourth-order valence-electron chi connectivity index (χ4n) is 2.45. The molecule has 1 saturated heterocycles. The quantitative estimate of drug-likeness (QED) is 0.904. The molecule has 2 rings (SSSR count). The number of thiophene rings is 1. The first-order valence-electron chi connectivity index (χ1n) is 6.99. The van der Waals surface area contributed by atoms with Gasteiger partial charge in [0.15, 0.2) is 0 Å². The molecule has 2 N–H and O–H groups in total. The van der Waals surface area contributed by atoms with E-state index in [0.717, 1.165) is 41.7 Å². The number of likely N-dealkylation sites (N-methyl/N-ethyl adjacent to an activating group) is 1. The van der Waals surface area contributed by atoms with Gasteiger partial charge in [0.2, 0.25) is 5.91 Å². The van der Waals surface area contributed by atoms with E-state index in [0.29, 0.717) is 19.0 Å². The third-order valence-corrected chi connectivity index (χ3v) is 5.06. The number of hydrogen-bond donors (Lipinski definition) is 1. The van der Waals surface area contributed by atoms with Crippen LogP contribution >= 0.6 is 22.9 Å². The van der Waals surface area contributed by atoms with Crippen LogP contribution in [0.3, 0.4) is 0 Å². The van der Waals surface area contributed by atoms with Crippen LogP contribution < -0.4 is 5.73 Å². The minimum Gasteiger partial charge on any atom is -0.340 e. The van der Waals surface area contributed by atoms with Crippen LogP contribution in [0.4, 0.5) is 0 Å². The van der Waals surface area contributed by atoms with Gasteiger partial charge in [-0.2, -0.15) is 0 Å². The van der Waals surface area contributed by atoms with Gasteiger partial charge in [-0.05, 0) is 50.5 Å². The fourth-order valence-corrected chi connectivity index (χ4v) is 3.59. The summed E-state index contributed by atoms with van der Waals surface area (Å²) in [5.74, 6) is 0.799. The number of nitrogens with two attached hydrogens (primary N) is 1. The van der Waals surface area contributed by atoms with E-state index < -0.39 is 0 Å². The number of amides is 1. The Morgan fingerprint density at radius 1 is 1.50 bits per heavy atom. The van der Waals surface area contributed by atoms with Gasteiger partial charge in [0.25, 0.3) is 0 Å². The maximum Gasteiger partial charge on any atom is 0.236 e. The summed E-state index contributed by atoms with van der Waals surface area (Å²) in [6, 6.07) is 3.85. The van der Waals surface area contributed by atoms with E-state index in [-0.39, 0.29) is 5.91 Å². The SMILES string of the molecule is CN(Cc1ccc(Cl)s1)C(=O)CN1CCC(CN)CC1. The number of hydrogen-bond acceptors (Lipinski definition) is 4. The predicted molar refractivity (Wildman–Crippen MR) is 84.0 cm³/mol. The second kappa shape index (κ2) is 7.41. The highest BCUT2D eigenvalue weighted by molar-refractivity contribution is 7.16. The Morgan fingerprint density at radius 2 is 2.20 bits per heavy atom. The largest absolute Gasteiger partial charge is 0.340 e. The van der Waals surface area contributed by atoms with Crippen molar-refractivity contribution in [3.63, 3.8) is 0 Å². The zero-order valence-corrected chi connectivity index (χ0v) is 13.4. The van der Waals surface area contributed by atoms with Gasteiger partial charge in [-0.3, -0.25) is 9.69 Å². The first-order valence-corrected chi connectivity index (χ1v) is 8.18. The van der Waals surface area contributed by atoms with Crippen molar-refractivity contribution >= 4 is 28.8 Å². The van der Waals surface area contributed by atoms with Crippen molar-refractivity contribution in [3.05, 3.63) is 21.3 Å². The number of rotatable bonds is 5. The fraction of sp³-hybridized carbons (Fsp3) is 0.643. The molecule has 0 bridgehead atoms. The Labute approximate surface area is 129 Å². The summed E-state index contributed by atoms with van der Waals surface area (Å²) in [5.41, 5.74) is 5.68. The summed E-state index contributed by atoms with van der Waals surface area (Å²) in [6.07, 6.45) is 2.21. The predicted octanol–water partition coefficient (Wildman–Crippen LogP) is 2.03. The molecule has 2 heterocycles. The summed E-state index contributed by atoms with van der Waals surface area (Å²) < 4.78 is 0.768. The highest BCUT2D eigenvalue weighted by atomic mass is 35.5. The molecule has 0 aromatic carbocycles. The lowest BCUT2D eigenvalue weighted by atomic mass is 9.97. The summed E-state index contributed by atoms with van der Waals surface area (Å²) in [6.45, 7) is 3.86. The van der Waals surface area contributed by atoms with E-state index in [9.17, 15) is 4.79 Å². The molecule has 1 aromatic rings. The van der Waals surface area contributed by atoms with E-state index in [4.69, 9.17) is 17.3 Å². The van der Waals surface area contributed by atoms with Gasteiger partial charge in [-0.1, -0.05) is 11.6 Å². The molecular weight excluding hydrogens is 294 g/mol. The highest BCUT2D eigenvalue weighted by Gasteiger charge is 2.21. The molecule has 1 aromatic heterocycles. The minimum absolute atomic E-state index is 0.167. The van der Waals surface area contributed by atoms with Crippen molar-refractivity contribution in [2.24, 2.45) is 11.7 Å². The van der Waals surface area contributed by atoms with Crippen LogP contribution in [0.25, 0.3) is 0 Å². The molecule has 1 fully saturated rings. The molecule has 1 amide bonds. The lowest BCUT2D eigenvalue weighted by molar-refractivity contribution is -0.131. The third kappa shape index (κ3) is 4.45. The van der Waals surface area contributed by atoms with Crippen LogP contribution in [0.1, 0.15) is 17.7 Å². The number of likely N-dealkylation sites (tertiary alicyclic amines) is 1. The van der Waals surface area contributed by atoms with Gasteiger partial charge in [-0.15, -0.1) is 11.3 Å². The molecule has 112 valence electrons. The molecule has 0 radical (unpaired) electrons. The standard InChI is InChI=1S/C14H22ClN3OS/c1-17(9-12-2-3-13(15)20-12)14(19)10-18-6-4-11(8-16)5-7-18/h2-3,11H,4-10,16H2,1H3. The Morgan fingerprint density at radius 3 is 2.75 bits per heavy atom. The molecule has 0 spiro atoms. The first kappa shape index (κ1) is 15.8. The van der Waals surface area contributed by atoms with Crippen LogP contribution in [-0.4, -0.2) is 48.9 Å². The average Bonchev–Trinajstić information content (AvgIpc) is 2.85. The van der Waals surface area contributed by atoms with Gasteiger partial charge < -0.3 is 10.6 Å². The van der Waals surface area contributed by atoms with E-state index in [1.807, 2.05) is 19.2 Å². The molecule has 20 heavy (non-hydrogen) atoms. The first-order chi connectivity index (χ1) is 9.58. The van der Waals surface area contributed by atoms with E-state index in [2.05, 4.69) is 4.90 Å². The van der Waals surface area contributed by atoms with Gasteiger partial charge in [0, 0.05) is 11.9 Å². The molecule has 6 heteroatoms. The molecule has 4 nitrogen and oxygen atoms in total. The van der Waals surface area contributed by atoms with Gasteiger partial charge in [0.05, 0.1) is 17.4 Å². The Bertz CT molecular complexity index is 443. The summed E-state index contributed by atoms with van der Waals surface area (Å²) >= 11 is 7.43. The van der Waals surface area contributed by atoms with Crippen molar-refractivity contribution < 1.29 is 4.79 Å². The normalized spacial score (nSPS) is 17.4. The summed E-state index contributed by atoms with van der Waals surface area (Å²) in [7, 11) is 1.85. The summed E-state index contributed by atoms with van der Waals surface area (Å²) in [4.78, 5) is 17.3. The molecule has 1 aliphatic heterocycles. The number of carbonyl (C=O) groups excluding carboxylic acids is 1. The zero-order chi connectivity index (χ0) is 14.5. The smallest absolute Gasteiger partial charge is 0.236 e. The molecule has 0 aliphatic carbocycles. The average molecular weight is 316 g/mol. The topological polar surface area (TPSA) is 49.6 Å². The second-order valence-corrected chi connectivity index (χ2v) is 7.21. The highest BCUT2D eigenvalue weighted by Crippen LogP contribution is 2.22. The Balaban J connectivity index is 1.76. The van der Waals surface area contributed by atoms with Crippen molar-refractivity contribution in [1.29, 1.82) is 0 Å². The molecule has 0 atom stereocenters. The van der Waals surface area contributed by atoms with Crippen LogP contribution in [0.5, 0.6) is 0 Å². The van der Waals surface area contributed by atoms with Crippen molar-refractivity contribution in [1.82, 2.24) is 9.80 Å². The van der Waals surface area contributed by atoms with Gasteiger partial charge in [0.1, 0.15) is 0 Å². The lowest BCUT2D eigenvalue weighted by Crippen LogP contribution is -2.42. The monoisotopic (exact) mass is 315 g/mol. The van der Waals surface area contributed by atoms with Gasteiger partial charge >= 0.3 is 0 Å². The second-order valence-electron chi connectivity index (χ2n) is 5.41. The summed E-state index contributed by atoms with van der Waals surface area (Å²) in [5, 5.41) is 0. The van der Waals surface area contributed by atoms with Crippen molar-refractivity contribution in [2.75, 3.05) is 33.2 Å². The van der Waals surface area contributed by atoms with Crippen LogP contribution in [-0.2, 0) is 11.3 Å². The maximum atomic E-state index is 12.2. The maximum absolute atomic E-state index is 12.2. The Kier molecular flexibility index (Phi) is 5.84. The Hall–Kier alpha value is -0.620. The molecular formula is C14H22ClN3OS. The molecule has 1 aliphatic rings. The van der Waals surface area contributed by atoms with Crippen LogP contribution in [0.15, 0.2) is 12.1 Å².